The summed E-state index contributed by atoms with van der Waals surface area (Å²) >= 11 is 0. The van der Waals surface area contributed by atoms with Gasteiger partial charge < -0.3 is 20.7 Å². The quantitative estimate of drug-likeness (QED) is 0.623. The lowest BCUT2D eigenvalue weighted by Crippen LogP contribution is -2.48. The van der Waals surface area contributed by atoms with Crippen LogP contribution in [0.2, 0.25) is 0 Å². The topological polar surface area (TPSA) is 80.0 Å². The number of carbonyl (C=O) groups excluding carboxylic acids is 1. The summed E-state index contributed by atoms with van der Waals surface area (Å²) in [6.07, 6.45) is 3.21. The van der Waals surface area contributed by atoms with Gasteiger partial charge in [0.2, 0.25) is 0 Å². The van der Waals surface area contributed by atoms with Crippen LogP contribution >= 0.6 is 0 Å². The second-order valence-electron chi connectivity index (χ2n) is 7.07. The largest absolute Gasteiger partial charge is 0.450 e. The maximum Gasteiger partial charge on any atom is 0.409 e. The van der Waals surface area contributed by atoms with Crippen molar-refractivity contribution in [2.24, 2.45) is 10.7 Å². The summed E-state index contributed by atoms with van der Waals surface area (Å²) in [6, 6.07) is 7.09. The molecule has 3 N–H and O–H groups in total. The van der Waals surface area contributed by atoms with Crippen LogP contribution < -0.4 is 11.1 Å². The highest BCUT2D eigenvalue weighted by Crippen LogP contribution is 2.49. The molecule has 1 saturated heterocycles. The molecule has 1 aromatic rings. The average Bonchev–Trinajstić information content (AvgIpc) is 3.42. The number of amides is 1. The van der Waals surface area contributed by atoms with Gasteiger partial charge in [-0.1, -0.05) is 18.2 Å². The number of nitrogens with zero attached hydrogens (tertiary/aromatic N) is 2. The molecular formula is C19H27FN4O2. The maximum atomic E-state index is 14.0. The summed E-state index contributed by atoms with van der Waals surface area (Å²) in [6.45, 7) is 3.97. The third-order valence-electron chi connectivity index (χ3n) is 5.22. The van der Waals surface area contributed by atoms with E-state index in [4.69, 9.17) is 10.5 Å². The van der Waals surface area contributed by atoms with E-state index < -0.39 is 0 Å². The van der Waals surface area contributed by atoms with Gasteiger partial charge in [0, 0.05) is 24.5 Å². The van der Waals surface area contributed by atoms with Crippen molar-refractivity contribution in [3.8, 4) is 0 Å². The highest BCUT2D eigenvalue weighted by Gasteiger charge is 2.45. The van der Waals surface area contributed by atoms with Gasteiger partial charge in [-0.25, -0.2) is 9.18 Å². The molecule has 7 heteroatoms. The zero-order valence-corrected chi connectivity index (χ0v) is 15.2. The fourth-order valence-electron chi connectivity index (χ4n) is 3.47. The predicted octanol–water partition coefficient (Wildman–Crippen LogP) is 2.38. The van der Waals surface area contributed by atoms with Crippen LogP contribution in [0.4, 0.5) is 9.18 Å². The molecule has 0 unspecified atom stereocenters. The fraction of sp³-hybridized carbons (Fsp3) is 0.579. The number of rotatable bonds is 5. The second kappa shape index (κ2) is 7.93. The molecule has 1 amide bonds. The smallest absolute Gasteiger partial charge is 0.409 e. The van der Waals surface area contributed by atoms with Crippen LogP contribution in [0.5, 0.6) is 0 Å². The number of nitrogens with one attached hydrogen (secondary N) is 1. The van der Waals surface area contributed by atoms with Crippen molar-refractivity contribution < 1.29 is 13.9 Å². The van der Waals surface area contributed by atoms with Gasteiger partial charge in [-0.05, 0) is 44.2 Å². The highest BCUT2D eigenvalue weighted by molar-refractivity contribution is 5.78. The molecule has 1 aromatic carbocycles. The van der Waals surface area contributed by atoms with Gasteiger partial charge >= 0.3 is 6.09 Å². The molecule has 0 aromatic heterocycles. The normalized spacial score (nSPS) is 19.9. The molecule has 1 aliphatic carbocycles. The summed E-state index contributed by atoms with van der Waals surface area (Å²) in [5, 5.41) is 3.23. The number of carbonyl (C=O) groups is 1. The average molecular weight is 362 g/mol. The van der Waals surface area contributed by atoms with Gasteiger partial charge in [-0.15, -0.1) is 0 Å². The second-order valence-corrected chi connectivity index (χ2v) is 7.07. The maximum absolute atomic E-state index is 14.0. The van der Waals surface area contributed by atoms with Crippen molar-refractivity contribution in [1.82, 2.24) is 10.2 Å². The minimum Gasteiger partial charge on any atom is -0.450 e. The number of hydrogen-bond acceptors (Lipinski definition) is 3. The number of ether oxygens (including phenoxy) is 1. The molecule has 2 fully saturated rings. The number of guanidine groups is 1. The van der Waals surface area contributed by atoms with E-state index in [1.165, 1.54) is 6.07 Å². The molecule has 1 heterocycles. The number of benzene rings is 1. The molecular weight excluding hydrogens is 335 g/mol. The van der Waals surface area contributed by atoms with Crippen molar-refractivity contribution in [1.29, 1.82) is 0 Å². The fourth-order valence-corrected chi connectivity index (χ4v) is 3.47. The van der Waals surface area contributed by atoms with Crippen molar-refractivity contribution in [3.63, 3.8) is 0 Å². The molecule has 0 radical (unpaired) electrons. The molecule has 1 saturated carbocycles. The molecule has 0 spiro atoms. The summed E-state index contributed by atoms with van der Waals surface area (Å²) < 4.78 is 19.1. The Balaban J connectivity index is 1.49. The van der Waals surface area contributed by atoms with Gasteiger partial charge in [0.05, 0.1) is 13.2 Å². The minimum atomic E-state index is -0.256. The Bertz CT molecular complexity index is 667. The van der Waals surface area contributed by atoms with Gasteiger partial charge in [0.15, 0.2) is 5.96 Å². The first-order chi connectivity index (χ1) is 12.5. The van der Waals surface area contributed by atoms with Crippen LogP contribution in [0.15, 0.2) is 29.3 Å². The highest BCUT2D eigenvalue weighted by atomic mass is 19.1. The van der Waals surface area contributed by atoms with E-state index in [1.807, 2.05) is 12.1 Å². The molecule has 6 nitrogen and oxygen atoms in total. The predicted molar refractivity (Wildman–Crippen MR) is 98.6 cm³/mol. The molecule has 2 aliphatic rings. The lowest BCUT2D eigenvalue weighted by Gasteiger charge is -2.31. The summed E-state index contributed by atoms with van der Waals surface area (Å²) in [7, 11) is 0. The van der Waals surface area contributed by atoms with Crippen molar-refractivity contribution in [3.05, 3.63) is 35.6 Å². The van der Waals surface area contributed by atoms with E-state index in [1.54, 1.807) is 17.9 Å². The first-order valence-corrected chi connectivity index (χ1v) is 9.27. The van der Waals surface area contributed by atoms with Gasteiger partial charge in [-0.3, -0.25) is 4.99 Å². The number of hydrogen-bond donors (Lipinski definition) is 2. The lowest BCUT2D eigenvalue weighted by atomic mass is 9.95. The third kappa shape index (κ3) is 4.26. The van der Waals surface area contributed by atoms with Crippen LogP contribution in [0, 0.1) is 5.82 Å². The van der Waals surface area contributed by atoms with Crippen LogP contribution in [0.25, 0.3) is 0 Å². The standard InChI is InChI=1S/C19H27FN4O2/c1-2-26-18(25)24-11-7-14(8-12-24)23-17(21)22-13-19(9-10-19)15-5-3-4-6-16(15)20/h3-6,14H,2,7-13H2,1H3,(H3,21,22,23). The number of aliphatic imine (C=N–C) groups is 1. The molecule has 0 bridgehead atoms. The lowest BCUT2D eigenvalue weighted by molar-refractivity contribution is 0.0963. The SMILES string of the molecule is CCOC(=O)N1CCC(NC(N)=NCC2(c3ccccc3F)CC2)CC1. The van der Waals surface area contributed by atoms with Crippen LogP contribution in [0.3, 0.4) is 0 Å². The monoisotopic (exact) mass is 362 g/mol. The Morgan fingerprint density at radius 1 is 1.38 bits per heavy atom. The summed E-state index contributed by atoms with van der Waals surface area (Å²) in [5.41, 5.74) is 6.57. The van der Waals surface area contributed by atoms with E-state index in [0.717, 1.165) is 31.2 Å². The Labute approximate surface area is 153 Å². The van der Waals surface area contributed by atoms with E-state index >= 15 is 0 Å². The van der Waals surface area contributed by atoms with Gasteiger partial charge in [0.25, 0.3) is 0 Å². The number of nitrogens with two attached hydrogens (primary N) is 1. The Hall–Kier alpha value is -2.31. The molecule has 1 aliphatic heterocycles. The minimum absolute atomic E-state index is 0.168. The Morgan fingerprint density at radius 2 is 2.08 bits per heavy atom. The van der Waals surface area contributed by atoms with E-state index in [-0.39, 0.29) is 23.4 Å². The van der Waals surface area contributed by atoms with Crippen molar-refractivity contribution in [2.45, 2.75) is 44.1 Å². The van der Waals surface area contributed by atoms with E-state index in [2.05, 4.69) is 10.3 Å². The molecule has 3 rings (SSSR count). The Kier molecular flexibility index (Phi) is 5.64. The Morgan fingerprint density at radius 3 is 2.69 bits per heavy atom. The van der Waals surface area contributed by atoms with E-state index in [0.29, 0.717) is 32.2 Å². The zero-order chi connectivity index (χ0) is 18.6. The number of piperidine rings is 1. The van der Waals surface area contributed by atoms with Crippen LogP contribution in [-0.4, -0.2) is 49.2 Å². The molecule has 26 heavy (non-hydrogen) atoms. The first kappa shape index (κ1) is 18.5. The van der Waals surface area contributed by atoms with Crippen molar-refractivity contribution in [2.75, 3.05) is 26.2 Å². The van der Waals surface area contributed by atoms with Crippen LogP contribution in [0.1, 0.15) is 38.2 Å². The third-order valence-corrected chi connectivity index (χ3v) is 5.22. The molecule has 0 atom stereocenters. The summed E-state index contributed by atoms with van der Waals surface area (Å²) in [5.74, 6) is 0.222. The first-order valence-electron chi connectivity index (χ1n) is 9.27. The van der Waals surface area contributed by atoms with Gasteiger partial charge in [-0.2, -0.15) is 0 Å². The van der Waals surface area contributed by atoms with Gasteiger partial charge in [0.1, 0.15) is 5.82 Å². The van der Waals surface area contributed by atoms with Crippen molar-refractivity contribution >= 4 is 12.1 Å². The summed E-state index contributed by atoms with van der Waals surface area (Å²) in [4.78, 5) is 17.9. The number of likely N-dealkylation sites (tertiary alicyclic amines) is 1. The van der Waals surface area contributed by atoms with Crippen LogP contribution in [-0.2, 0) is 10.2 Å². The number of halogens is 1. The molecule has 142 valence electrons. The zero-order valence-electron chi connectivity index (χ0n) is 15.2. The van der Waals surface area contributed by atoms with E-state index in [9.17, 15) is 9.18 Å².